The van der Waals surface area contributed by atoms with Gasteiger partial charge in [-0.2, -0.15) is 18.3 Å². The van der Waals surface area contributed by atoms with Crippen LogP contribution in [0.5, 0.6) is 0 Å². The smallest absolute Gasteiger partial charge is 0.213 e. The SMILES string of the molecule is O=S(=O)(C1=NN=C(c2ccccc2)C1(c1ccccc1)c1ccccc1)C(F)(F)F. The maximum Gasteiger partial charge on any atom is 0.503 e. The summed E-state index contributed by atoms with van der Waals surface area (Å²) in [5.74, 6) is 0. The molecule has 0 aliphatic carbocycles. The standard InChI is InChI=1S/C22H15F3N2O2S/c23-22(24,25)30(28,29)20-21(17-12-6-2-7-13-17,18-14-8-3-9-15-18)19(26-27-20)16-10-4-1-5-11-16/h1-15H. The monoisotopic (exact) mass is 428 g/mol. The van der Waals surface area contributed by atoms with E-state index in [0.29, 0.717) is 16.7 Å². The number of rotatable bonds is 3. The zero-order chi connectivity index (χ0) is 21.4. The highest BCUT2D eigenvalue weighted by Gasteiger charge is 2.61. The minimum absolute atomic E-state index is 0.114. The molecule has 1 aliphatic rings. The van der Waals surface area contributed by atoms with E-state index in [-0.39, 0.29) is 5.71 Å². The molecular weight excluding hydrogens is 413 g/mol. The van der Waals surface area contributed by atoms with Crippen LogP contribution in [-0.2, 0) is 15.3 Å². The van der Waals surface area contributed by atoms with Crippen molar-refractivity contribution in [1.82, 2.24) is 0 Å². The van der Waals surface area contributed by atoms with Gasteiger partial charge in [0, 0.05) is 0 Å². The fourth-order valence-corrected chi connectivity index (χ4v) is 4.75. The second kappa shape index (κ2) is 7.21. The molecule has 4 nitrogen and oxygen atoms in total. The first kappa shape index (κ1) is 20.0. The number of halogens is 3. The van der Waals surface area contributed by atoms with Crippen LogP contribution in [0.1, 0.15) is 16.7 Å². The van der Waals surface area contributed by atoms with Gasteiger partial charge in [-0.15, -0.1) is 5.10 Å². The number of alkyl halides is 3. The molecule has 0 saturated carbocycles. The number of hydrogen-bond donors (Lipinski definition) is 0. The number of hydrogen-bond acceptors (Lipinski definition) is 4. The fourth-order valence-electron chi connectivity index (χ4n) is 3.65. The van der Waals surface area contributed by atoms with Crippen LogP contribution in [0.2, 0.25) is 0 Å². The van der Waals surface area contributed by atoms with E-state index in [9.17, 15) is 21.6 Å². The minimum atomic E-state index is -5.79. The lowest BCUT2D eigenvalue weighted by Gasteiger charge is -2.33. The summed E-state index contributed by atoms with van der Waals surface area (Å²) in [5.41, 5.74) is -6.14. The number of nitrogens with zero attached hydrogens (tertiary/aromatic N) is 2. The lowest BCUT2D eigenvalue weighted by atomic mass is 9.70. The first-order valence-electron chi connectivity index (χ1n) is 8.94. The van der Waals surface area contributed by atoms with E-state index >= 15 is 0 Å². The molecule has 0 aromatic heterocycles. The predicted octanol–water partition coefficient (Wildman–Crippen LogP) is 4.72. The summed E-state index contributed by atoms with van der Waals surface area (Å²) < 4.78 is 66.3. The van der Waals surface area contributed by atoms with Gasteiger partial charge in [-0.25, -0.2) is 8.42 Å². The van der Waals surface area contributed by atoms with Gasteiger partial charge in [0.2, 0.25) is 0 Å². The Morgan fingerprint density at radius 2 is 1.10 bits per heavy atom. The van der Waals surface area contributed by atoms with Crippen LogP contribution in [0, 0.1) is 0 Å². The summed E-state index contributed by atoms with van der Waals surface area (Å²) in [7, 11) is -5.79. The van der Waals surface area contributed by atoms with E-state index in [1.54, 1.807) is 91.0 Å². The molecule has 152 valence electrons. The van der Waals surface area contributed by atoms with Gasteiger partial charge in [0.1, 0.15) is 5.41 Å². The molecule has 0 atom stereocenters. The van der Waals surface area contributed by atoms with Crippen molar-refractivity contribution >= 4 is 20.6 Å². The van der Waals surface area contributed by atoms with Gasteiger partial charge in [-0.1, -0.05) is 91.0 Å². The first-order chi connectivity index (χ1) is 14.3. The van der Waals surface area contributed by atoms with Crippen molar-refractivity contribution in [2.24, 2.45) is 10.2 Å². The van der Waals surface area contributed by atoms with Crippen LogP contribution < -0.4 is 0 Å². The molecule has 0 N–H and O–H groups in total. The van der Waals surface area contributed by atoms with Crippen LogP contribution in [0.25, 0.3) is 0 Å². The lowest BCUT2D eigenvalue weighted by molar-refractivity contribution is -0.0418. The second-order valence-electron chi connectivity index (χ2n) is 6.65. The van der Waals surface area contributed by atoms with Crippen LogP contribution >= 0.6 is 0 Å². The van der Waals surface area contributed by atoms with Gasteiger partial charge in [0.15, 0.2) is 5.04 Å². The molecule has 3 aromatic rings. The van der Waals surface area contributed by atoms with Crippen molar-refractivity contribution < 1.29 is 21.6 Å². The zero-order valence-corrected chi connectivity index (χ0v) is 16.2. The summed E-state index contributed by atoms with van der Waals surface area (Å²) in [6.07, 6.45) is 0. The molecule has 0 fully saturated rings. The molecule has 0 saturated heterocycles. The van der Waals surface area contributed by atoms with Crippen molar-refractivity contribution in [2.45, 2.75) is 10.9 Å². The van der Waals surface area contributed by atoms with Gasteiger partial charge in [-0.3, -0.25) is 0 Å². The molecule has 1 aliphatic heterocycles. The van der Waals surface area contributed by atoms with E-state index in [2.05, 4.69) is 10.2 Å². The summed E-state index contributed by atoms with van der Waals surface area (Å²) in [5, 5.41) is 6.58. The van der Waals surface area contributed by atoms with Gasteiger partial charge >= 0.3 is 5.51 Å². The fraction of sp³-hybridized carbons (Fsp3) is 0.0909. The third-order valence-corrected chi connectivity index (χ3v) is 6.44. The molecule has 4 rings (SSSR count). The Hall–Kier alpha value is -3.26. The van der Waals surface area contributed by atoms with Crippen LogP contribution in [-0.4, -0.2) is 24.7 Å². The number of sulfone groups is 1. The molecule has 8 heteroatoms. The molecule has 30 heavy (non-hydrogen) atoms. The Bertz CT molecular complexity index is 1180. The highest BCUT2D eigenvalue weighted by molar-refractivity contribution is 8.07. The Kier molecular flexibility index (Phi) is 4.82. The summed E-state index contributed by atoms with van der Waals surface area (Å²) >= 11 is 0. The van der Waals surface area contributed by atoms with E-state index in [4.69, 9.17) is 0 Å². The molecule has 1 heterocycles. The zero-order valence-electron chi connectivity index (χ0n) is 15.4. The maximum atomic E-state index is 13.7. The molecule has 0 bridgehead atoms. The Morgan fingerprint density at radius 3 is 1.53 bits per heavy atom. The summed E-state index contributed by atoms with van der Waals surface area (Å²) in [4.78, 5) is 0. The second-order valence-corrected chi connectivity index (χ2v) is 8.51. The Labute approximate surface area is 171 Å². The van der Waals surface area contributed by atoms with E-state index in [1.165, 1.54) is 0 Å². The third kappa shape index (κ3) is 2.95. The third-order valence-electron chi connectivity index (χ3n) is 4.94. The summed E-state index contributed by atoms with van der Waals surface area (Å²) in [6, 6.07) is 24.8. The van der Waals surface area contributed by atoms with Crippen molar-refractivity contribution in [1.29, 1.82) is 0 Å². The summed E-state index contributed by atoms with van der Waals surface area (Å²) in [6.45, 7) is 0. The van der Waals surface area contributed by atoms with E-state index < -0.39 is 25.8 Å². The number of benzene rings is 3. The van der Waals surface area contributed by atoms with Crippen molar-refractivity contribution in [3.05, 3.63) is 108 Å². The van der Waals surface area contributed by atoms with Gasteiger partial charge in [-0.05, 0) is 16.7 Å². The predicted molar refractivity (Wildman–Crippen MR) is 109 cm³/mol. The van der Waals surface area contributed by atoms with Crippen LogP contribution in [0.3, 0.4) is 0 Å². The van der Waals surface area contributed by atoms with E-state index in [0.717, 1.165) is 0 Å². The first-order valence-corrected chi connectivity index (χ1v) is 10.4. The van der Waals surface area contributed by atoms with Gasteiger partial charge in [0.25, 0.3) is 9.84 Å². The minimum Gasteiger partial charge on any atom is -0.213 e. The maximum absolute atomic E-state index is 13.7. The highest BCUT2D eigenvalue weighted by atomic mass is 32.2. The molecule has 0 unspecified atom stereocenters. The van der Waals surface area contributed by atoms with Crippen LogP contribution in [0.15, 0.2) is 101 Å². The highest BCUT2D eigenvalue weighted by Crippen LogP contribution is 2.45. The largest absolute Gasteiger partial charge is 0.503 e. The topological polar surface area (TPSA) is 58.9 Å². The van der Waals surface area contributed by atoms with Crippen LogP contribution in [0.4, 0.5) is 13.2 Å². The molecule has 0 radical (unpaired) electrons. The van der Waals surface area contributed by atoms with Crippen molar-refractivity contribution in [3.63, 3.8) is 0 Å². The van der Waals surface area contributed by atoms with Gasteiger partial charge in [0.05, 0.1) is 5.71 Å². The lowest BCUT2D eigenvalue weighted by Crippen LogP contribution is -2.49. The molecule has 3 aromatic carbocycles. The van der Waals surface area contributed by atoms with Gasteiger partial charge < -0.3 is 0 Å². The average molecular weight is 428 g/mol. The quantitative estimate of drug-likeness (QED) is 0.606. The molecule has 0 amide bonds. The van der Waals surface area contributed by atoms with E-state index in [1.807, 2.05) is 0 Å². The normalized spacial score (nSPS) is 16.1. The molecular formula is C22H15F3N2O2S. The Morgan fingerprint density at radius 1 is 0.667 bits per heavy atom. The average Bonchev–Trinajstić information content (AvgIpc) is 3.17. The molecule has 0 spiro atoms. The van der Waals surface area contributed by atoms with Crippen molar-refractivity contribution in [2.75, 3.05) is 0 Å². The Balaban J connectivity index is 2.12. The van der Waals surface area contributed by atoms with Crippen molar-refractivity contribution in [3.8, 4) is 0 Å².